The fourth-order valence-electron chi connectivity index (χ4n) is 4.42. The van der Waals surface area contributed by atoms with E-state index in [2.05, 4.69) is 41.3 Å². The Morgan fingerprint density at radius 1 is 1.31 bits per heavy atom. The number of H-pyrrole nitrogens is 1. The van der Waals surface area contributed by atoms with Gasteiger partial charge in [0.05, 0.1) is 0 Å². The van der Waals surface area contributed by atoms with E-state index < -0.39 is 0 Å². The summed E-state index contributed by atoms with van der Waals surface area (Å²) in [4.78, 5) is 27.7. The van der Waals surface area contributed by atoms with Gasteiger partial charge in [0.1, 0.15) is 5.78 Å². The lowest BCUT2D eigenvalue weighted by atomic mass is 9.73. The summed E-state index contributed by atoms with van der Waals surface area (Å²) >= 11 is 0. The molecule has 26 heavy (non-hydrogen) atoms. The predicted molar refractivity (Wildman–Crippen MR) is 102 cm³/mol. The third-order valence-electron chi connectivity index (χ3n) is 6.11. The molecule has 1 aliphatic carbocycles. The largest absolute Gasteiger partial charge is 0.309 e. The van der Waals surface area contributed by atoms with Gasteiger partial charge in [-0.1, -0.05) is 27.7 Å². The van der Waals surface area contributed by atoms with E-state index in [0.29, 0.717) is 30.4 Å². The van der Waals surface area contributed by atoms with Gasteiger partial charge in [-0.2, -0.15) is 5.10 Å². The van der Waals surface area contributed by atoms with Crippen LogP contribution in [0.25, 0.3) is 0 Å². The van der Waals surface area contributed by atoms with E-state index in [0.717, 1.165) is 37.2 Å². The van der Waals surface area contributed by atoms with Gasteiger partial charge in [0.15, 0.2) is 5.82 Å². The molecule has 1 amide bonds. The summed E-state index contributed by atoms with van der Waals surface area (Å²) in [6, 6.07) is 0. The number of aromatic nitrogens is 2. The molecule has 6 heteroatoms. The fourth-order valence-corrected chi connectivity index (χ4v) is 4.42. The summed E-state index contributed by atoms with van der Waals surface area (Å²) in [5, 5.41) is 10.4. The first-order valence-electron chi connectivity index (χ1n) is 9.80. The molecule has 0 bridgehead atoms. The zero-order chi connectivity index (χ0) is 19.1. The zero-order valence-corrected chi connectivity index (χ0v) is 16.7. The lowest BCUT2D eigenvalue weighted by Crippen LogP contribution is -2.40. The number of amides is 1. The van der Waals surface area contributed by atoms with Gasteiger partial charge < -0.3 is 10.2 Å². The van der Waals surface area contributed by atoms with Gasteiger partial charge >= 0.3 is 0 Å². The molecular formula is C20H32N4O2. The molecule has 0 saturated carbocycles. The minimum absolute atomic E-state index is 0.0165. The lowest BCUT2D eigenvalue weighted by Gasteiger charge is -2.33. The summed E-state index contributed by atoms with van der Waals surface area (Å²) in [7, 11) is 2.11. The maximum Gasteiger partial charge on any atom is 0.225 e. The SMILES string of the molecule is CC(C)CC(=O)Nc1n[nH]c2c1CC(C(=O)C1CCN(C)CC1)C2(C)C. The Morgan fingerprint density at radius 2 is 1.96 bits per heavy atom. The highest BCUT2D eigenvalue weighted by Crippen LogP contribution is 2.46. The van der Waals surface area contributed by atoms with E-state index in [1.807, 2.05) is 13.8 Å². The molecule has 1 saturated heterocycles. The van der Waals surface area contributed by atoms with Crippen LogP contribution in [0.5, 0.6) is 0 Å². The smallest absolute Gasteiger partial charge is 0.225 e. The summed E-state index contributed by atoms with van der Waals surface area (Å²) in [6.07, 6.45) is 3.04. The second kappa shape index (κ2) is 7.14. The molecule has 1 atom stereocenters. The van der Waals surface area contributed by atoms with Crippen LogP contribution in [0.2, 0.25) is 0 Å². The fraction of sp³-hybridized carbons (Fsp3) is 0.750. The topological polar surface area (TPSA) is 78.1 Å². The molecule has 0 aromatic carbocycles. The Labute approximate surface area is 156 Å². The minimum Gasteiger partial charge on any atom is -0.309 e. The van der Waals surface area contributed by atoms with Crippen molar-refractivity contribution in [3.05, 3.63) is 11.3 Å². The molecule has 2 aliphatic rings. The molecule has 3 rings (SSSR count). The van der Waals surface area contributed by atoms with Crippen LogP contribution in [0, 0.1) is 17.8 Å². The van der Waals surface area contributed by atoms with E-state index in [9.17, 15) is 9.59 Å². The highest BCUT2D eigenvalue weighted by Gasteiger charge is 2.48. The number of carbonyl (C=O) groups excluding carboxylic acids is 2. The number of fused-ring (bicyclic) bond motifs is 1. The molecule has 1 aromatic heterocycles. The number of carbonyl (C=O) groups is 2. The van der Waals surface area contributed by atoms with Crippen LogP contribution in [0.1, 0.15) is 58.2 Å². The number of anilines is 1. The second-order valence-electron chi connectivity index (χ2n) is 9.03. The number of Topliss-reactive ketones (excluding diaryl/α,β-unsaturated/α-hetero) is 1. The van der Waals surface area contributed by atoms with Gasteiger partial charge in [-0.15, -0.1) is 0 Å². The Balaban J connectivity index is 1.75. The minimum atomic E-state index is -0.274. The van der Waals surface area contributed by atoms with Crippen LogP contribution in [0.15, 0.2) is 0 Å². The van der Waals surface area contributed by atoms with Gasteiger partial charge in [0.2, 0.25) is 5.91 Å². The van der Waals surface area contributed by atoms with Crippen LogP contribution in [-0.2, 0) is 21.4 Å². The summed E-state index contributed by atoms with van der Waals surface area (Å²) in [6.45, 7) is 10.3. The third-order valence-corrected chi connectivity index (χ3v) is 6.11. The number of aromatic amines is 1. The Bertz CT molecular complexity index is 684. The maximum atomic E-state index is 13.2. The van der Waals surface area contributed by atoms with Crippen molar-refractivity contribution < 1.29 is 9.59 Å². The number of ketones is 1. The average molecular weight is 361 g/mol. The normalized spacial score (nSPS) is 23.2. The molecule has 1 aromatic rings. The van der Waals surface area contributed by atoms with E-state index in [-0.39, 0.29) is 23.2 Å². The van der Waals surface area contributed by atoms with Gasteiger partial charge in [0.25, 0.3) is 0 Å². The number of hydrogen-bond acceptors (Lipinski definition) is 4. The number of hydrogen-bond donors (Lipinski definition) is 2. The first-order valence-corrected chi connectivity index (χ1v) is 9.80. The van der Waals surface area contributed by atoms with Crippen LogP contribution in [-0.4, -0.2) is 46.9 Å². The van der Waals surface area contributed by atoms with Crippen molar-refractivity contribution in [2.24, 2.45) is 17.8 Å². The summed E-state index contributed by atoms with van der Waals surface area (Å²) < 4.78 is 0. The van der Waals surface area contributed by atoms with Crippen molar-refractivity contribution in [2.75, 3.05) is 25.5 Å². The second-order valence-corrected chi connectivity index (χ2v) is 9.03. The Kier molecular flexibility index (Phi) is 5.24. The lowest BCUT2D eigenvalue weighted by molar-refractivity contribution is -0.129. The molecule has 1 unspecified atom stereocenters. The van der Waals surface area contributed by atoms with E-state index >= 15 is 0 Å². The number of nitrogens with one attached hydrogen (secondary N) is 2. The van der Waals surface area contributed by atoms with Gasteiger partial charge in [-0.25, -0.2) is 0 Å². The van der Waals surface area contributed by atoms with Crippen molar-refractivity contribution >= 4 is 17.5 Å². The van der Waals surface area contributed by atoms with Crippen LogP contribution in [0.4, 0.5) is 5.82 Å². The number of rotatable bonds is 5. The van der Waals surface area contributed by atoms with E-state index in [1.54, 1.807) is 0 Å². The molecule has 144 valence electrons. The molecule has 1 aliphatic heterocycles. The molecular weight excluding hydrogens is 328 g/mol. The molecule has 0 radical (unpaired) electrons. The van der Waals surface area contributed by atoms with Gasteiger partial charge in [-0.3, -0.25) is 14.7 Å². The van der Waals surface area contributed by atoms with E-state index in [4.69, 9.17) is 0 Å². The highest BCUT2D eigenvalue weighted by molar-refractivity contribution is 5.92. The Morgan fingerprint density at radius 3 is 2.58 bits per heavy atom. The molecule has 6 nitrogen and oxygen atoms in total. The van der Waals surface area contributed by atoms with Crippen LogP contribution < -0.4 is 5.32 Å². The summed E-state index contributed by atoms with van der Waals surface area (Å²) in [5.41, 5.74) is 1.74. The monoisotopic (exact) mass is 360 g/mol. The number of likely N-dealkylation sites (tertiary alicyclic amines) is 1. The standard InChI is InChI=1S/C20H32N4O2/c1-12(2)10-16(25)21-19-14-11-15(20(3,4)18(14)22-23-19)17(26)13-6-8-24(5)9-7-13/h12-13,15H,6-11H2,1-5H3,(H2,21,22,23,25). The first-order chi connectivity index (χ1) is 12.2. The van der Waals surface area contributed by atoms with E-state index in [1.165, 1.54) is 0 Å². The van der Waals surface area contributed by atoms with Crippen LogP contribution in [0.3, 0.4) is 0 Å². The summed E-state index contributed by atoms with van der Waals surface area (Å²) in [5.74, 6) is 1.39. The van der Waals surface area contributed by atoms with Crippen molar-refractivity contribution in [1.82, 2.24) is 15.1 Å². The Hall–Kier alpha value is -1.69. The van der Waals surface area contributed by atoms with Crippen molar-refractivity contribution in [1.29, 1.82) is 0 Å². The number of piperidine rings is 1. The highest BCUT2D eigenvalue weighted by atomic mass is 16.1. The predicted octanol–water partition coefficient (Wildman–Crippen LogP) is 2.76. The third kappa shape index (κ3) is 3.56. The van der Waals surface area contributed by atoms with Gasteiger partial charge in [0, 0.05) is 34.9 Å². The van der Waals surface area contributed by atoms with Gasteiger partial charge in [-0.05, 0) is 45.3 Å². The van der Waals surface area contributed by atoms with Crippen molar-refractivity contribution in [2.45, 2.75) is 58.8 Å². The average Bonchev–Trinajstić information content (AvgIpc) is 3.06. The number of nitrogens with zero attached hydrogens (tertiary/aromatic N) is 2. The first kappa shape index (κ1) is 19.1. The molecule has 2 N–H and O–H groups in total. The maximum absolute atomic E-state index is 13.2. The van der Waals surface area contributed by atoms with Crippen LogP contribution >= 0.6 is 0 Å². The molecule has 0 spiro atoms. The van der Waals surface area contributed by atoms with Crippen molar-refractivity contribution in [3.63, 3.8) is 0 Å². The quantitative estimate of drug-likeness (QED) is 0.846. The molecule has 2 heterocycles. The zero-order valence-electron chi connectivity index (χ0n) is 16.7. The molecule has 1 fully saturated rings. The van der Waals surface area contributed by atoms with Crippen molar-refractivity contribution in [3.8, 4) is 0 Å².